The van der Waals surface area contributed by atoms with Gasteiger partial charge in [-0.15, -0.1) is 11.3 Å². The molecule has 0 fully saturated rings. The van der Waals surface area contributed by atoms with Crippen LogP contribution in [0.15, 0.2) is 36.5 Å². The van der Waals surface area contributed by atoms with Gasteiger partial charge in [0.05, 0.1) is 18.5 Å². The first-order valence-corrected chi connectivity index (χ1v) is 11.0. The Morgan fingerprint density at radius 1 is 1.19 bits per heavy atom. The van der Waals surface area contributed by atoms with Crippen molar-refractivity contribution in [3.05, 3.63) is 47.1 Å². The highest BCUT2D eigenvalue weighted by molar-refractivity contribution is 7.17. The average Bonchev–Trinajstić information content (AvgIpc) is 3.37. The standard InChI is InChI=1S/C22H27N5O3S/c1-5-30-16-8-6-15(7-9-16)22-24-14(4)19(31-22)21(29)25-17(12-13(2)3)20(28)26-18-10-11-23-27-18/h6-11,13,17H,5,12H2,1-4H3,(H,25,29)(H2,23,26,27,28). The van der Waals surface area contributed by atoms with E-state index in [4.69, 9.17) is 4.74 Å². The van der Waals surface area contributed by atoms with Crippen LogP contribution in [0.5, 0.6) is 5.75 Å². The second-order valence-corrected chi connectivity index (χ2v) is 8.51. The zero-order valence-corrected chi connectivity index (χ0v) is 18.9. The number of aromatic amines is 1. The molecule has 1 aromatic carbocycles. The fourth-order valence-electron chi connectivity index (χ4n) is 3.06. The maximum absolute atomic E-state index is 13.0. The topological polar surface area (TPSA) is 109 Å². The molecule has 3 aromatic rings. The van der Waals surface area contributed by atoms with Crippen molar-refractivity contribution >= 4 is 29.0 Å². The van der Waals surface area contributed by atoms with Crippen molar-refractivity contribution in [3.8, 4) is 16.3 Å². The zero-order chi connectivity index (χ0) is 22.4. The largest absolute Gasteiger partial charge is 0.494 e. The summed E-state index contributed by atoms with van der Waals surface area (Å²) in [6, 6.07) is 8.59. The smallest absolute Gasteiger partial charge is 0.263 e. The summed E-state index contributed by atoms with van der Waals surface area (Å²) in [4.78, 5) is 30.7. The summed E-state index contributed by atoms with van der Waals surface area (Å²) < 4.78 is 5.47. The minimum Gasteiger partial charge on any atom is -0.494 e. The van der Waals surface area contributed by atoms with Crippen LogP contribution in [0.25, 0.3) is 10.6 Å². The lowest BCUT2D eigenvalue weighted by molar-refractivity contribution is -0.118. The molecule has 0 saturated carbocycles. The summed E-state index contributed by atoms with van der Waals surface area (Å²) >= 11 is 1.31. The summed E-state index contributed by atoms with van der Waals surface area (Å²) in [5.74, 6) is 0.898. The van der Waals surface area contributed by atoms with E-state index in [0.717, 1.165) is 16.3 Å². The molecule has 2 aromatic heterocycles. The third-order valence-corrected chi connectivity index (χ3v) is 5.71. The van der Waals surface area contributed by atoms with E-state index in [1.165, 1.54) is 11.3 Å². The van der Waals surface area contributed by atoms with E-state index in [0.29, 0.717) is 29.4 Å². The molecule has 1 unspecified atom stereocenters. The van der Waals surface area contributed by atoms with Crippen LogP contribution in [0.1, 0.15) is 42.6 Å². The first-order valence-electron chi connectivity index (χ1n) is 10.2. The number of hydrogen-bond donors (Lipinski definition) is 3. The van der Waals surface area contributed by atoms with Gasteiger partial charge in [0.2, 0.25) is 5.91 Å². The second-order valence-electron chi connectivity index (χ2n) is 7.51. The molecule has 0 aliphatic carbocycles. The van der Waals surface area contributed by atoms with E-state index >= 15 is 0 Å². The third-order valence-electron chi connectivity index (χ3n) is 4.50. The zero-order valence-electron chi connectivity index (χ0n) is 18.1. The van der Waals surface area contributed by atoms with E-state index in [1.807, 2.05) is 45.0 Å². The fourth-order valence-corrected chi connectivity index (χ4v) is 4.04. The van der Waals surface area contributed by atoms with Crippen molar-refractivity contribution < 1.29 is 14.3 Å². The van der Waals surface area contributed by atoms with Crippen LogP contribution in [0, 0.1) is 12.8 Å². The molecule has 3 N–H and O–H groups in total. The molecule has 8 nitrogen and oxygen atoms in total. The number of hydrogen-bond acceptors (Lipinski definition) is 6. The quantitative estimate of drug-likeness (QED) is 0.465. The molecule has 0 aliphatic heterocycles. The highest BCUT2D eigenvalue weighted by Gasteiger charge is 2.25. The van der Waals surface area contributed by atoms with Crippen molar-refractivity contribution in [1.29, 1.82) is 0 Å². The van der Waals surface area contributed by atoms with Gasteiger partial charge in [0.1, 0.15) is 27.5 Å². The van der Waals surface area contributed by atoms with Crippen LogP contribution >= 0.6 is 11.3 Å². The molecule has 164 valence electrons. The molecule has 1 atom stereocenters. The van der Waals surface area contributed by atoms with Gasteiger partial charge in [-0.05, 0) is 50.5 Å². The molecule has 2 heterocycles. The van der Waals surface area contributed by atoms with Crippen LogP contribution in [0.4, 0.5) is 5.82 Å². The Labute approximate surface area is 185 Å². The molecular formula is C22H27N5O3S. The van der Waals surface area contributed by atoms with E-state index < -0.39 is 6.04 Å². The van der Waals surface area contributed by atoms with Crippen molar-refractivity contribution in [2.45, 2.75) is 40.2 Å². The Balaban J connectivity index is 1.74. The summed E-state index contributed by atoms with van der Waals surface area (Å²) in [5.41, 5.74) is 1.54. The number of carbonyl (C=O) groups excluding carboxylic acids is 2. The normalized spacial score (nSPS) is 11.9. The molecule has 9 heteroatoms. The minimum absolute atomic E-state index is 0.222. The minimum atomic E-state index is -0.675. The van der Waals surface area contributed by atoms with Crippen LogP contribution < -0.4 is 15.4 Å². The summed E-state index contributed by atoms with van der Waals surface area (Å²) in [6.07, 6.45) is 2.06. The number of H-pyrrole nitrogens is 1. The van der Waals surface area contributed by atoms with Gasteiger partial charge in [-0.3, -0.25) is 14.7 Å². The van der Waals surface area contributed by atoms with Gasteiger partial charge in [0, 0.05) is 11.6 Å². The second kappa shape index (κ2) is 10.2. The van der Waals surface area contributed by atoms with Gasteiger partial charge in [-0.25, -0.2) is 4.98 Å². The highest BCUT2D eigenvalue weighted by Crippen LogP contribution is 2.29. The molecule has 31 heavy (non-hydrogen) atoms. The van der Waals surface area contributed by atoms with Crippen LogP contribution in [-0.4, -0.2) is 39.6 Å². The summed E-state index contributed by atoms with van der Waals surface area (Å²) in [6.45, 7) is 8.34. The molecular weight excluding hydrogens is 414 g/mol. The monoisotopic (exact) mass is 441 g/mol. The van der Waals surface area contributed by atoms with Gasteiger partial charge >= 0.3 is 0 Å². The molecule has 0 saturated heterocycles. The Morgan fingerprint density at radius 2 is 1.94 bits per heavy atom. The number of ether oxygens (including phenoxy) is 1. The van der Waals surface area contributed by atoms with Gasteiger partial charge in [-0.2, -0.15) is 5.10 Å². The lowest BCUT2D eigenvalue weighted by Gasteiger charge is -2.19. The molecule has 0 radical (unpaired) electrons. The Bertz CT molecular complexity index is 1010. The first-order chi connectivity index (χ1) is 14.9. The van der Waals surface area contributed by atoms with Gasteiger partial charge in [0.15, 0.2) is 0 Å². The SMILES string of the molecule is CCOc1ccc(-c2nc(C)c(C(=O)NC(CC(C)C)C(=O)Nc3ccn[nH]3)s2)cc1. The van der Waals surface area contributed by atoms with Crippen LogP contribution in [-0.2, 0) is 4.79 Å². The number of thiazole rings is 1. The fraction of sp³-hybridized carbons (Fsp3) is 0.364. The maximum Gasteiger partial charge on any atom is 0.263 e. The highest BCUT2D eigenvalue weighted by atomic mass is 32.1. The Morgan fingerprint density at radius 3 is 2.55 bits per heavy atom. The van der Waals surface area contributed by atoms with Crippen molar-refractivity contribution in [2.75, 3.05) is 11.9 Å². The number of nitrogens with zero attached hydrogens (tertiary/aromatic N) is 2. The number of anilines is 1. The molecule has 3 rings (SSSR count). The number of carbonyl (C=O) groups is 2. The van der Waals surface area contributed by atoms with Gasteiger partial charge in [0.25, 0.3) is 5.91 Å². The maximum atomic E-state index is 13.0. The number of nitrogens with one attached hydrogen (secondary N) is 3. The Hall–Kier alpha value is -3.20. The first kappa shape index (κ1) is 22.5. The summed E-state index contributed by atoms with van der Waals surface area (Å²) in [7, 11) is 0. The molecule has 0 aliphatic rings. The average molecular weight is 442 g/mol. The summed E-state index contributed by atoms with van der Waals surface area (Å²) in [5, 5.41) is 12.9. The number of rotatable bonds is 9. The van der Waals surface area contributed by atoms with Crippen molar-refractivity contribution in [3.63, 3.8) is 0 Å². The lowest BCUT2D eigenvalue weighted by Crippen LogP contribution is -2.44. The van der Waals surface area contributed by atoms with Crippen molar-refractivity contribution in [1.82, 2.24) is 20.5 Å². The van der Waals surface area contributed by atoms with E-state index in [2.05, 4.69) is 25.8 Å². The number of benzene rings is 1. The van der Waals surface area contributed by atoms with Gasteiger partial charge < -0.3 is 15.4 Å². The predicted octanol–water partition coefficient (Wildman–Crippen LogP) is 4.02. The van der Waals surface area contributed by atoms with Gasteiger partial charge in [-0.1, -0.05) is 13.8 Å². The number of aryl methyl sites for hydroxylation is 1. The van der Waals surface area contributed by atoms with E-state index in [-0.39, 0.29) is 17.7 Å². The molecule has 0 bridgehead atoms. The van der Waals surface area contributed by atoms with Crippen LogP contribution in [0.2, 0.25) is 0 Å². The van der Waals surface area contributed by atoms with Crippen LogP contribution in [0.3, 0.4) is 0 Å². The lowest BCUT2D eigenvalue weighted by atomic mass is 10.0. The number of aromatic nitrogens is 3. The van der Waals surface area contributed by atoms with E-state index in [9.17, 15) is 9.59 Å². The number of amides is 2. The van der Waals surface area contributed by atoms with E-state index in [1.54, 1.807) is 19.2 Å². The molecule has 0 spiro atoms. The van der Waals surface area contributed by atoms with Crippen molar-refractivity contribution in [2.24, 2.45) is 5.92 Å². The predicted molar refractivity (Wildman–Crippen MR) is 121 cm³/mol. The Kier molecular flexibility index (Phi) is 7.41. The molecule has 2 amide bonds. The third kappa shape index (κ3) is 5.91.